The van der Waals surface area contributed by atoms with Crippen molar-refractivity contribution in [3.05, 3.63) is 12.7 Å². The summed E-state index contributed by atoms with van der Waals surface area (Å²) in [5.41, 5.74) is 0.403. The molecular formula is C16H28OS. The number of fused-ring (bicyclic) bond motifs is 1. The maximum Gasteiger partial charge on any atom is 0.119 e. The molecule has 2 rings (SSSR count). The van der Waals surface area contributed by atoms with E-state index in [0.29, 0.717) is 5.41 Å². The minimum absolute atomic E-state index is 0.119. The Kier molecular flexibility index (Phi) is 4.82. The third-order valence-corrected chi connectivity index (χ3v) is 6.55. The molecule has 2 heteroatoms. The van der Waals surface area contributed by atoms with Crippen molar-refractivity contribution in [2.75, 3.05) is 6.61 Å². The van der Waals surface area contributed by atoms with Gasteiger partial charge in [0.1, 0.15) is 4.93 Å². The van der Waals surface area contributed by atoms with Gasteiger partial charge in [-0.1, -0.05) is 32.8 Å². The first-order valence-electron chi connectivity index (χ1n) is 7.61. The van der Waals surface area contributed by atoms with Gasteiger partial charge in [0.25, 0.3) is 0 Å². The standard InChI is InChI=1S/C16H28OS/c1-4-6-8-14(3)18-16-11-7-10-15(16,9-5-2)12-13-17-16/h5,14H,2,4,6-13H2,1,3H3. The van der Waals surface area contributed by atoms with E-state index in [2.05, 4.69) is 38.3 Å². The van der Waals surface area contributed by atoms with Crippen LogP contribution in [0.25, 0.3) is 0 Å². The van der Waals surface area contributed by atoms with E-state index in [1.807, 2.05) is 0 Å². The van der Waals surface area contributed by atoms with Crippen molar-refractivity contribution in [2.24, 2.45) is 5.41 Å². The molecular weight excluding hydrogens is 240 g/mol. The van der Waals surface area contributed by atoms with Gasteiger partial charge >= 0.3 is 0 Å². The van der Waals surface area contributed by atoms with Gasteiger partial charge in [0.2, 0.25) is 0 Å². The Hall–Kier alpha value is 0.0500. The van der Waals surface area contributed by atoms with Gasteiger partial charge in [-0.3, -0.25) is 0 Å². The summed E-state index contributed by atoms with van der Waals surface area (Å²) in [5.74, 6) is 0. The fraction of sp³-hybridized carbons (Fsp3) is 0.875. The molecule has 0 aromatic heterocycles. The molecule has 1 aliphatic heterocycles. The fourth-order valence-corrected chi connectivity index (χ4v) is 5.68. The molecule has 2 aliphatic rings. The minimum atomic E-state index is 0.119. The fourth-order valence-electron chi connectivity index (χ4n) is 3.80. The van der Waals surface area contributed by atoms with Crippen LogP contribution in [0.5, 0.6) is 0 Å². The molecule has 104 valence electrons. The summed E-state index contributed by atoms with van der Waals surface area (Å²) in [5, 5.41) is 0.727. The van der Waals surface area contributed by atoms with E-state index < -0.39 is 0 Å². The smallest absolute Gasteiger partial charge is 0.119 e. The van der Waals surface area contributed by atoms with Crippen LogP contribution in [0.3, 0.4) is 0 Å². The molecule has 1 saturated carbocycles. The second-order valence-electron chi connectivity index (χ2n) is 6.05. The average Bonchev–Trinajstić information content (AvgIpc) is 2.81. The van der Waals surface area contributed by atoms with Crippen LogP contribution in [0.1, 0.15) is 65.2 Å². The van der Waals surface area contributed by atoms with Gasteiger partial charge in [0.05, 0.1) is 0 Å². The number of hydrogen-bond donors (Lipinski definition) is 0. The van der Waals surface area contributed by atoms with E-state index in [-0.39, 0.29) is 4.93 Å². The number of rotatable bonds is 7. The average molecular weight is 268 g/mol. The van der Waals surface area contributed by atoms with Crippen LogP contribution in [0.15, 0.2) is 12.7 Å². The summed E-state index contributed by atoms with van der Waals surface area (Å²) in [6.45, 7) is 9.59. The second-order valence-corrected chi connectivity index (χ2v) is 7.75. The third-order valence-electron chi connectivity index (χ3n) is 4.78. The van der Waals surface area contributed by atoms with Crippen molar-refractivity contribution in [2.45, 2.75) is 75.4 Å². The van der Waals surface area contributed by atoms with Crippen LogP contribution in [0.4, 0.5) is 0 Å². The molecule has 18 heavy (non-hydrogen) atoms. The van der Waals surface area contributed by atoms with Crippen molar-refractivity contribution in [1.29, 1.82) is 0 Å². The molecule has 1 saturated heterocycles. The van der Waals surface area contributed by atoms with Crippen LogP contribution in [0, 0.1) is 5.41 Å². The molecule has 0 radical (unpaired) electrons. The van der Waals surface area contributed by atoms with E-state index in [1.54, 1.807) is 0 Å². The van der Waals surface area contributed by atoms with Crippen molar-refractivity contribution in [1.82, 2.24) is 0 Å². The first kappa shape index (κ1) is 14.5. The van der Waals surface area contributed by atoms with Gasteiger partial charge in [-0.2, -0.15) is 0 Å². The molecule has 1 nitrogen and oxygen atoms in total. The molecule has 0 amide bonds. The zero-order valence-electron chi connectivity index (χ0n) is 12.0. The van der Waals surface area contributed by atoms with E-state index in [1.165, 1.54) is 44.9 Å². The monoisotopic (exact) mass is 268 g/mol. The van der Waals surface area contributed by atoms with Gasteiger partial charge in [-0.05, 0) is 38.5 Å². The van der Waals surface area contributed by atoms with Gasteiger partial charge in [0, 0.05) is 17.3 Å². The second kappa shape index (κ2) is 6.00. The number of ether oxygens (including phenoxy) is 1. The van der Waals surface area contributed by atoms with E-state index >= 15 is 0 Å². The third kappa shape index (κ3) is 2.51. The van der Waals surface area contributed by atoms with E-state index in [4.69, 9.17) is 4.74 Å². The summed E-state index contributed by atoms with van der Waals surface area (Å²) in [4.78, 5) is 0.119. The number of unbranched alkanes of at least 4 members (excludes halogenated alkanes) is 1. The Bertz CT molecular complexity index is 277. The topological polar surface area (TPSA) is 9.23 Å². The predicted octanol–water partition coefficient (Wildman–Crippen LogP) is 5.16. The molecule has 2 fully saturated rings. The Labute approximate surface area is 117 Å². The highest BCUT2D eigenvalue weighted by Crippen LogP contribution is 2.63. The highest BCUT2D eigenvalue weighted by Gasteiger charge is 2.59. The maximum absolute atomic E-state index is 6.29. The molecule has 0 aromatic carbocycles. The van der Waals surface area contributed by atoms with Crippen molar-refractivity contribution < 1.29 is 4.74 Å². The van der Waals surface area contributed by atoms with Crippen LogP contribution in [-0.4, -0.2) is 16.8 Å². The van der Waals surface area contributed by atoms with Crippen LogP contribution in [0.2, 0.25) is 0 Å². The van der Waals surface area contributed by atoms with Gasteiger partial charge in [-0.25, -0.2) is 0 Å². The SMILES string of the molecule is C=CCC12CCCC1(SC(C)CCCC)OCC2. The number of thioether (sulfide) groups is 1. The Balaban J connectivity index is 2.05. The molecule has 0 spiro atoms. The lowest BCUT2D eigenvalue weighted by atomic mass is 9.79. The summed E-state index contributed by atoms with van der Waals surface area (Å²) in [6.07, 6.45) is 12.4. The molecule has 0 bridgehead atoms. The van der Waals surface area contributed by atoms with Crippen LogP contribution >= 0.6 is 11.8 Å². The van der Waals surface area contributed by atoms with Crippen LogP contribution in [-0.2, 0) is 4.74 Å². The maximum atomic E-state index is 6.29. The number of allylic oxidation sites excluding steroid dienone is 1. The van der Waals surface area contributed by atoms with Crippen molar-refractivity contribution >= 4 is 11.8 Å². The predicted molar refractivity (Wildman–Crippen MR) is 81.0 cm³/mol. The Morgan fingerprint density at radius 2 is 2.22 bits per heavy atom. The van der Waals surface area contributed by atoms with Gasteiger partial charge in [0.15, 0.2) is 0 Å². The van der Waals surface area contributed by atoms with E-state index in [0.717, 1.165) is 18.3 Å². The Morgan fingerprint density at radius 1 is 1.39 bits per heavy atom. The van der Waals surface area contributed by atoms with Gasteiger partial charge in [-0.15, -0.1) is 18.3 Å². The zero-order chi connectivity index (χ0) is 13.1. The lowest BCUT2D eigenvalue weighted by Crippen LogP contribution is -2.38. The highest BCUT2D eigenvalue weighted by molar-refractivity contribution is 8.01. The summed E-state index contributed by atoms with van der Waals surface area (Å²) in [7, 11) is 0. The summed E-state index contributed by atoms with van der Waals surface area (Å²) >= 11 is 2.13. The molecule has 3 atom stereocenters. The highest BCUT2D eigenvalue weighted by atomic mass is 32.2. The Morgan fingerprint density at radius 3 is 2.94 bits per heavy atom. The summed E-state index contributed by atoms with van der Waals surface area (Å²) < 4.78 is 6.29. The van der Waals surface area contributed by atoms with E-state index in [9.17, 15) is 0 Å². The quantitative estimate of drug-likeness (QED) is 0.590. The minimum Gasteiger partial charge on any atom is -0.364 e. The molecule has 1 aliphatic carbocycles. The van der Waals surface area contributed by atoms with Crippen molar-refractivity contribution in [3.63, 3.8) is 0 Å². The molecule has 0 aromatic rings. The largest absolute Gasteiger partial charge is 0.364 e. The van der Waals surface area contributed by atoms with Gasteiger partial charge < -0.3 is 4.74 Å². The molecule has 1 heterocycles. The lowest BCUT2D eigenvalue weighted by Gasteiger charge is -2.40. The van der Waals surface area contributed by atoms with Crippen molar-refractivity contribution in [3.8, 4) is 0 Å². The normalized spacial score (nSPS) is 36.6. The first-order chi connectivity index (χ1) is 8.68. The zero-order valence-corrected chi connectivity index (χ0v) is 12.9. The molecule has 3 unspecified atom stereocenters. The van der Waals surface area contributed by atoms with Crippen LogP contribution < -0.4 is 0 Å². The summed E-state index contributed by atoms with van der Waals surface area (Å²) in [6, 6.07) is 0. The first-order valence-corrected chi connectivity index (χ1v) is 8.49. The molecule has 0 N–H and O–H groups in total. The number of hydrogen-bond acceptors (Lipinski definition) is 2. The lowest BCUT2D eigenvalue weighted by molar-refractivity contribution is 0.0382.